The highest BCUT2D eigenvalue weighted by Crippen LogP contribution is 2.29. The zero-order valence-electron chi connectivity index (χ0n) is 11.1. The van der Waals surface area contributed by atoms with Gasteiger partial charge in [0, 0.05) is 0 Å². The Morgan fingerprint density at radius 3 is 2.00 bits per heavy atom. The molecule has 0 N–H and O–H groups in total. The second kappa shape index (κ2) is 6.08. The highest BCUT2D eigenvalue weighted by Gasteiger charge is 2.49. The second-order valence-electron chi connectivity index (χ2n) is 5.11. The molecule has 0 spiro atoms. The van der Waals surface area contributed by atoms with Gasteiger partial charge in [0.05, 0.1) is 7.11 Å². The van der Waals surface area contributed by atoms with Crippen molar-refractivity contribution < 1.29 is 35.3 Å². The molecule has 1 atom stereocenters. The average Bonchev–Trinajstić information content (AvgIpc) is 2.20. The Morgan fingerprint density at radius 2 is 1.68 bits per heavy atom. The summed E-state index contributed by atoms with van der Waals surface area (Å²) in [6.45, 7) is 5.37. The summed E-state index contributed by atoms with van der Waals surface area (Å²) < 4.78 is 66.4. The van der Waals surface area contributed by atoms with Crippen molar-refractivity contribution in [3.8, 4) is 0 Å². The normalized spacial score (nSPS) is 15.1. The van der Waals surface area contributed by atoms with Gasteiger partial charge in [0.1, 0.15) is 0 Å². The molecule has 0 amide bonds. The first-order valence-corrected chi connectivity index (χ1v) is 6.78. The van der Waals surface area contributed by atoms with Crippen molar-refractivity contribution in [2.75, 3.05) is 7.11 Å². The Morgan fingerprint density at radius 1 is 1.21 bits per heavy atom. The Kier molecular flexibility index (Phi) is 5.82. The van der Waals surface area contributed by atoms with Crippen LogP contribution in [-0.2, 0) is 23.8 Å². The third-order valence-corrected chi connectivity index (χ3v) is 3.20. The smallest absolute Gasteiger partial charge is 0.467 e. The number of hydrogen-bond donors (Lipinski definition) is 0. The zero-order chi connectivity index (χ0) is 15.5. The fourth-order valence-electron chi connectivity index (χ4n) is 1.11. The Bertz CT molecular complexity index is 408. The van der Waals surface area contributed by atoms with Crippen LogP contribution in [0.1, 0.15) is 33.6 Å². The van der Waals surface area contributed by atoms with E-state index in [9.17, 15) is 26.4 Å². The van der Waals surface area contributed by atoms with E-state index in [0.717, 1.165) is 7.11 Å². The SMILES string of the molecule is COC(=O)[C@@H](CCC(C)(C)C)OS(=O)(=O)C(F)(F)F. The lowest BCUT2D eigenvalue weighted by molar-refractivity contribution is -0.150. The molecule has 0 unspecified atom stereocenters. The van der Waals surface area contributed by atoms with Gasteiger partial charge in [-0.2, -0.15) is 21.6 Å². The summed E-state index contributed by atoms with van der Waals surface area (Å²) in [6, 6.07) is 0. The van der Waals surface area contributed by atoms with Crippen molar-refractivity contribution in [2.24, 2.45) is 5.41 Å². The van der Waals surface area contributed by atoms with Gasteiger partial charge in [-0.25, -0.2) is 8.98 Å². The fourth-order valence-corrected chi connectivity index (χ4v) is 1.70. The van der Waals surface area contributed by atoms with E-state index >= 15 is 0 Å². The average molecular weight is 306 g/mol. The number of hydrogen-bond acceptors (Lipinski definition) is 5. The summed E-state index contributed by atoms with van der Waals surface area (Å²) >= 11 is 0. The van der Waals surface area contributed by atoms with Gasteiger partial charge in [0.15, 0.2) is 6.10 Å². The minimum Gasteiger partial charge on any atom is -0.467 e. The van der Waals surface area contributed by atoms with Crippen LogP contribution in [0.4, 0.5) is 13.2 Å². The van der Waals surface area contributed by atoms with Gasteiger partial charge in [0.25, 0.3) is 0 Å². The minimum atomic E-state index is -5.82. The Balaban J connectivity index is 4.95. The first-order valence-electron chi connectivity index (χ1n) is 5.37. The van der Waals surface area contributed by atoms with Gasteiger partial charge < -0.3 is 4.74 Å². The van der Waals surface area contributed by atoms with Crippen LogP contribution in [0.5, 0.6) is 0 Å². The number of ether oxygens (including phenoxy) is 1. The number of esters is 1. The summed E-state index contributed by atoms with van der Waals surface area (Å²) in [7, 11) is -4.88. The molecule has 0 rings (SSSR count). The van der Waals surface area contributed by atoms with Crippen LogP contribution < -0.4 is 0 Å². The number of halogens is 3. The fraction of sp³-hybridized carbons (Fsp3) is 0.900. The molecule has 114 valence electrons. The van der Waals surface area contributed by atoms with Crippen molar-refractivity contribution in [1.82, 2.24) is 0 Å². The second-order valence-corrected chi connectivity index (χ2v) is 6.67. The van der Waals surface area contributed by atoms with Gasteiger partial charge in [-0.15, -0.1) is 0 Å². The summed E-state index contributed by atoms with van der Waals surface area (Å²) in [5.41, 5.74) is -5.86. The van der Waals surface area contributed by atoms with E-state index in [0.29, 0.717) is 6.42 Å². The van der Waals surface area contributed by atoms with E-state index < -0.39 is 27.7 Å². The van der Waals surface area contributed by atoms with E-state index in [1.807, 2.05) is 0 Å². The molecule has 0 aliphatic heterocycles. The molecular formula is C10H17F3O5S. The van der Waals surface area contributed by atoms with Crippen molar-refractivity contribution in [2.45, 2.75) is 45.2 Å². The zero-order valence-corrected chi connectivity index (χ0v) is 11.9. The molecule has 0 fully saturated rings. The van der Waals surface area contributed by atoms with E-state index in [1.165, 1.54) is 0 Å². The molecule has 0 heterocycles. The summed E-state index contributed by atoms with van der Waals surface area (Å²) in [5, 5.41) is 0. The largest absolute Gasteiger partial charge is 0.523 e. The topological polar surface area (TPSA) is 69.7 Å². The monoisotopic (exact) mass is 306 g/mol. The number of methoxy groups -OCH3 is 1. The van der Waals surface area contributed by atoms with Crippen LogP contribution in [0.2, 0.25) is 0 Å². The molecule has 0 saturated carbocycles. The minimum absolute atomic E-state index is 0.189. The van der Waals surface area contributed by atoms with Gasteiger partial charge in [-0.3, -0.25) is 0 Å². The maximum atomic E-state index is 12.2. The number of rotatable bonds is 5. The molecule has 0 radical (unpaired) electrons. The predicted molar refractivity (Wildman–Crippen MR) is 60.6 cm³/mol. The quantitative estimate of drug-likeness (QED) is 0.442. The van der Waals surface area contributed by atoms with Crippen LogP contribution >= 0.6 is 0 Å². The molecular weight excluding hydrogens is 289 g/mol. The van der Waals surface area contributed by atoms with E-state index in [1.54, 1.807) is 20.8 Å². The highest BCUT2D eigenvalue weighted by atomic mass is 32.2. The van der Waals surface area contributed by atoms with Crippen molar-refractivity contribution >= 4 is 16.1 Å². The van der Waals surface area contributed by atoms with Crippen LogP contribution in [0.3, 0.4) is 0 Å². The van der Waals surface area contributed by atoms with Gasteiger partial charge >= 0.3 is 21.6 Å². The summed E-state index contributed by atoms with van der Waals surface area (Å²) in [5.74, 6) is -1.16. The Labute approximate surface area is 110 Å². The molecule has 9 heteroatoms. The third-order valence-electron chi connectivity index (χ3n) is 2.15. The Hall–Kier alpha value is -0.830. The van der Waals surface area contributed by atoms with Gasteiger partial charge in [-0.05, 0) is 18.3 Å². The maximum absolute atomic E-state index is 12.2. The predicted octanol–water partition coefficient (Wildman–Crippen LogP) is 2.22. The lowest BCUT2D eigenvalue weighted by Gasteiger charge is -2.22. The maximum Gasteiger partial charge on any atom is 0.523 e. The number of carbonyl (C=O) groups is 1. The van der Waals surface area contributed by atoms with E-state index in [-0.39, 0.29) is 11.8 Å². The van der Waals surface area contributed by atoms with Gasteiger partial charge in [0.2, 0.25) is 0 Å². The summed E-state index contributed by atoms with van der Waals surface area (Å²) in [6.07, 6.45) is -1.69. The molecule has 5 nitrogen and oxygen atoms in total. The first-order chi connectivity index (χ1) is 8.30. The van der Waals surface area contributed by atoms with Crippen LogP contribution in [-0.4, -0.2) is 33.1 Å². The van der Waals surface area contributed by atoms with Gasteiger partial charge in [-0.1, -0.05) is 20.8 Å². The molecule has 0 aliphatic carbocycles. The highest BCUT2D eigenvalue weighted by molar-refractivity contribution is 7.87. The third kappa shape index (κ3) is 6.24. The summed E-state index contributed by atoms with van der Waals surface area (Å²) in [4.78, 5) is 11.3. The van der Waals surface area contributed by atoms with Crippen LogP contribution in [0.25, 0.3) is 0 Å². The molecule has 0 aromatic heterocycles. The van der Waals surface area contributed by atoms with Crippen molar-refractivity contribution in [3.05, 3.63) is 0 Å². The lowest BCUT2D eigenvalue weighted by Crippen LogP contribution is -2.35. The van der Waals surface area contributed by atoms with Crippen molar-refractivity contribution in [1.29, 1.82) is 0 Å². The standard InChI is InChI=1S/C10H17F3O5S/c1-9(2,3)6-5-7(8(14)17-4)18-19(15,16)10(11,12)13/h7H,5-6H2,1-4H3/t7-/m1/s1. The van der Waals surface area contributed by atoms with Crippen molar-refractivity contribution in [3.63, 3.8) is 0 Å². The lowest BCUT2D eigenvalue weighted by atomic mass is 9.89. The number of carbonyl (C=O) groups excluding carboxylic acids is 1. The molecule has 19 heavy (non-hydrogen) atoms. The van der Waals surface area contributed by atoms with E-state index in [4.69, 9.17) is 0 Å². The molecule has 0 saturated heterocycles. The molecule has 0 aliphatic rings. The number of alkyl halides is 3. The van der Waals surface area contributed by atoms with Crippen LogP contribution in [0.15, 0.2) is 0 Å². The van der Waals surface area contributed by atoms with E-state index in [2.05, 4.69) is 8.92 Å². The molecule has 0 aromatic carbocycles. The molecule has 0 aromatic rings. The first kappa shape index (κ1) is 18.2. The van der Waals surface area contributed by atoms with Crippen LogP contribution in [0, 0.1) is 5.41 Å². The molecule has 0 bridgehead atoms.